The molecule has 0 aliphatic carbocycles. The summed E-state index contributed by atoms with van der Waals surface area (Å²) in [5.41, 5.74) is 0.877. The quantitative estimate of drug-likeness (QED) is 0.593. The van der Waals surface area contributed by atoms with Gasteiger partial charge in [-0.15, -0.1) is 0 Å². The molecule has 1 aromatic carbocycles. The van der Waals surface area contributed by atoms with Crippen LogP contribution in [-0.4, -0.2) is 88.8 Å². The third-order valence-electron chi connectivity index (χ3n) is 6.24. The van der Waals surface area contributed by atoms with Crippen molar-refractivity contribution in [3.05, 3.63) is 18.2 Å². The molecule has 2 saturated heterocycles. The molecule has 2 aliphatic heterocycles. The summed E-state index contributed by atoms with van der Waals surface area (Å²) in [4.78, 5) is 31.6. The average molecular weight is 434 g/mol. The van der Waals surface area contributed by atoms with Gasteiger partial charge in [0.15, 0.2) is 11.5 Å². The summed E-state index contributed by atoms with van der Waals surface area (Å²) < 4.78 is 16.0. The number of anilines is 1. The molecule has 0 radical (unpaired) electrons. The van der Waals surface area contributed by atoms with Crippen molar-refractivity contribution in [3.8, 4) is 11.5 Å². The van der Waals surface area contributed by atoms with Gasteiger partial charge in [0.05, 0.1) is 27.4 Å². The van der Waals surface area contributed by atoms with Crippen molar-refractivity contribution in [2.24, 2.45) is 5.92 Å². The van der Waals surface area contributed by atoms with E-state index in [2.05, 4.69) is 0 Å². The highest BCUT2D eigenvalue weighted by Crippen LogP contribution is 2.31. The number of piperidine rings is 1. The molecule has 2 aliphatic rings. The van der Waals surface area contributed by atoms with Gasteiger partial charge in [-0.2, -0.15) is 0 Å². The van der Waals surface area contributed by atoms with Crippen LogP contribution in [0.2, 0.25) is 0 Å². The second kappa shape index (κ2) is 11.2. The third-order valence-corrected chi connectivity index (χ3v) is 6.24. The predicted octanol–water partition coefficient (Wildman–Crippen LogP) is 2.02. The van der Waals surface area contributed by atoms with E-state index in [4.69, 9.17) is 14.2 Å². The summed E-state index contributed by atoms with van der Waals surface area (Å²) in [6, 6.07) is 5.64. The van der Waals surface area contributed by atoms with Crippen molar-refractivity contribution in [2.45, 2.75) is 25.7 Å². The van der Waals surface area contributed by atoms with Crippen LogP contribution in [0.5, 0.6) is 11.5 Å². The molecule has 2 fully saturated rings. The number of amides is 2. The van der Waals surface area contributed by atoms with Gasteiger partial charge in [-0.05, 0) is 37.8 Å². The summed E-state index contributed by atoms with van der Waals surface area (Å²) in [6.45, 7) is 4.38. The van der Waals surface area contributed by atoms with Crippen LogP contribution < -0.4 is 14.4 Å². The molecule has 0 N–H and O–H groups in total. The minimum Gasteiger partial charge on any atom is -0.493 e. The highest BCUT2D eigenvalue weighted by Gasteiger charge is 2.31. The van der Waals surface area contributed by atoms with Crippen LogP contribution in [0.4, 0.5) is 5.69 Å². The number of hydrogen-bond acceptors (Lipinski definition) is 6. The van der Waals surface area contributed by atoms with Crippen molar-refractivity contribution in [1.29, 1.82) is 0 Å². The molecule has 8 heteroatoms. The zero-order chi connectivity index (χ0) is 22.2. The summed E-state index contributed by atoms with van der Waals surface area (Å²) >= 11 is 0. The Hall–Kier alpha value is -2.48. The lowest BCUT2D eigenvalue weighted by Crippen LogP contribution is -2.47. The standard InChI is InChI=1S/C23H35N3O5/c1-29-15-14-26(19-6-7-20(30-2)21(16-19)31-3)17-22(27)24-12-8-18(9-13-24)23(28)25-10-4-5-11-25/h6-7,16,18H,4-5,8-15,17H2,1-3H3. The van der Waals surface area contributed by atoms with E-state index >= 15 is 0 Å². The molecule has 2 amide bonds. The maximum absolute atomic E-state index is 13.0. The first-order valence-corrected chi connectivity index (χ1v) is 11.1. The van der Waals surface area contributed by atoms with Crippen LogP contribution in [0.25, 0.3) is 0 Å². The zero-order valence-electron chi connectivity index (χ0n) is 19.0. The van der Waals surface area contributed by atoms with Crippen LogP contribution in [0.1, 0.15) is 25.7 Å². The van der Waals surface area contributed by atoms with Gasteiger partial charge in [0.1, 0.15) is 0 Å². The van der Waals surface area contributed by atoms with Crippen LogP contribution in [0.15, 0.2) is 18.2 Å². The van der Waals surface area contributed by atoms with Crippen LogP contribution >= 0.6 is 0 Å². The molecular formula is C23H35N3O5. The molecule has 0 unspecified atom stereocenters. The predicted molar refractivity (Wildman–Crippen MR) is 119 cm³/mol. The zero-order valence-corrected chi connectivity index (χ0v) is 19.0. The Kier molecular flexibility index (Phi) is 8.40. The van der Waals surface area contributed by atoms with Gasteiger partial charge in [-0.3, -0.25) is 9.59 Å². The lowest BCUT2D eigenvalue weighted by atomic mass is 9.95. The molecular weight excluding hydrogens is 398 g/mol. The van der Waals surface area contributed by atoms with E-state index in [1.165, 1.54) is 0 Å². The van der Waals surface area contributed by atoms with E-state index in [1.807, 2.05) is 32.9 Å². The lowest BCUT2D eigenvalue weighted by Gasteiger charge is -2.35. The molecule has 0 aromatic heterocycles. The topological polar surface area (TPSA) is 71.6 Å². The molecule has 0 saturated carbocycles. The van der Waals surface area contributed by atoms with Gasteiger partial charge >= 0.3 is 0 Å². The van der Waals surface area contributed by atoms with E-state index in [0.29, 0.717) is 37.7 Å². The molecule has 0 bridgehead atoms. The lowest BCUT2D eigenvalue weighted by molar-refractivity contribution is -0.139. The van der Waals surface area contributed by atoms with Crippen molar-refractivity contribution >= 4 is 17.5 Å². The van der Waals surface area contributed by atoms with Gasteiger partial charge in [0.25, 0.3) is 0 Å². The Morgan fingerprint density at radius 1 is 0.968 bits per heavy atom. The summed E-state index contributed by atoms with van der Waals surface area (Å²) in [5, 5.41) is 0. The maximum Gasteiger partial charge on any atom is 0.242 e. The number of likely N-dealkylation sites (tertiary alicyclic amines) is 2. The highest BCUT2D eigenvalue weighted by molar-refractivity contribution is 5.83. The molecule has 1 aromatic rings. The highest BCUT2D eigenvalue weighted by atomic mass is 16.5. The number of carbonyl (C=O) groups is 2. The minimum atomic E-state index is 0.0533. The molecule has 2 heterocycles. The van der Waals surface area contributed by atoms with E-state index < -0.39 is 0 Å². The number of ether oxygens (including phenoxy) is 3. The van der Waals surface area contributed by atoms with Crippen molar-refractivity contribution in [2.75, 3.05) is 72.1 Å². The first kappa shape index (κ1) is 23.2. The fraction of sp³-hybridized carbons (Fsp3) is 0.652. The molecule has 0 spiro atoms. The maximum atomic E-state index is 13.0. The van der Waals surface area contributed by atoms with E-state index in [9.17, 15) is 9.59 Å². The smallest absolute Gasteiger partial charge is 0.242 e. The second-order valence-electron chi connectivity index (χ2n) is 8.14. The summed E-state index contributed by atoms with van der Waals surface area (Å²) in [7, 11) is 4.85. The Bertz CT molecular complexity index is 743. The molecule has 31 heavy (non-hydrogen) atoms. The summed E-state index contributed by atoms with van der Waals surface area (Å²) in [5.74, 6) is 1.66. The van der Waals surface area contributed by atoms with Gasteiger partial charge < -0.3 is 28.9 Å². The number of hydrogen-bond donors (Lipinski definition) is 0. The number of rotatable bonds is 9. The van der Waals surface area contributed by atoms with Crippen LogP contribution in [0.3, 0.4) is 0 Å². The van der Waals surface area contributed by atoms with E-state index in [1.54, 1.807) is 21.3 Å². The van der Waals surface area contributed by atoms with Crippen molar-refractivity contribution in [1.82, 2.24) is 9.80 Å². The normalized spacial score (nSPS) is 17.0. The number of nitrogens with zero attached hydrogens (tertiary/aromatic N) is 3. The van der Waals surface area contributed by atoms with E-state index in [0.717, 1.165) is 44.5 Å². The van der Waals surface area contributed by atoms with Gasteiger partial charge in [0, 0.05) is 57.5 Å². The Labute approximate surface area is 185 Å². The third kappa shape index (κ3) is 5.81. The second-order valence-corrected chi connectivity index (χ2v) is 8.14. The number of carbonyl (C=O) groups excluding carboxylic acids is 2. The molecule has 172 valence electrons. The molecule has 8 nitrogen and oxygen atoms in total. The average Bonchev–Trinajstić information content (AvgIpc) is 3.35. The monoisotopic (exact) mass is 433 g/mol. The first-order valence-electron chi connectivity index (χ1n) is 11.1. The SMILES string of the molecule is COCCN(CC(=O)N1CCC(C(=O)N2CCCC2)CC1)c1ccc(OC)c(OC)c1. The minimum absolute atomic E-state index is 0.0533. The van der Waals surface area contributed by atoms with Crippen molar-refractivity contribution in [3.63, 3.8) is 0 Å². The fourth-order valence-corrected chi connectivity index (χ4v) is 4.36. The molecule has 3 rings (SSSR count). The fourth-order valence-electron chi connectivity index (χ4n) is 4.36. The van der Waals surface area contributed by atoms with Crippen LogP contribution in [0, 0.1) is 5.92 Å². The van der Waals surface area contributed by atoms with Gasteiger partial charge in [0.2, 0.25) is 11.8 Å². The Morgan fingerprint density at radius 2 is 1.65 bits per heavy atom. The van der Waals surface area contributed by atoms with E-state index in [-0.39, 0.29) is 24.3 Å². The van der Waals surface area contributed by atoms with Gasteiger partial charge in [-0.1, -0.05) is 0 Å². The molecule has 0 atom stereocenters. The Morgan fingerprint density at radius 3 is 2.26 bits per heavy atom. The first-order chi connectivity index (χ1) is 15.1. The Balaban J connectivity index is 1.60. The van der Waals surface area contributed by atoms with Gasteiger partial charge in [-0.25, -0.2) is 0 Å². The summed E-state index contributed by atoms with van der Waals surface area (Å²) in [6.07, 6.45) is 3.71. The number of benzene rings is 1. The largest absolute Gasteiger partial charge is 0.493 e. The number of methoxy groups -OCH3 is 3. The van der Waals surface area contributed by atoms with Crippen LogP contribution in [-0.2, 0) is 14.3 Å². The van der Waals surface area contributed by atoms with Crippen molar-refractivity contribution < 1.29 is 23.8 Å².